The van der Waals surface area contributed by atoms with Crippen molar-refractivity contribution in [3.8, 4) is 11.5 Å². The molecule has 2 amide bonds. The number of ether oxygens (including phenoxy) is 2. The number of thiazole rings is 1. The highest BCUT2D eigenvalue weighted by atomic mass is 35.5. The van der Waals surface area contributed by atoms with Gasteiger partial charge in [0, 0.05) is 23.5 Å². The van der Waals surface area contributed by atoms with Gasteiger partial charge in [-0.3, -0.25) is 9.59 Å². The first-order valence-corrected chi connectivity index (χ1v) is 11.3. The number of hydrogen-bond acceptors (Lipinski definition) is 6. The fourth-order valence-corrected chi connectivity index (χ4v) is 4.08. The highest BCUT2D eigenvalue weighted by Crippen LogP contribution is 2.30. The first-order chi connectivity index (χ1) is 14.9. The monoisotopic (exact) mass is 463 g/mol. The average Bonchev–Trinajstić information content (AvgIpc) is 3.07. The van der Waals surface area contributed by atoms with E-state index in [2.05, 4.69) is 16.9 Å². The highest BCUT2D eigenvalue weighted by Gasteiger charge is 2.32. The van der Waals surface area contributed by atoms with Crippen LogP contribution in [-0.2, 0) is 11.3 Å². The number of amides is 2. The van der Waals surface area contributed by atoms with Crippen LogP contribution in [0.3, 0.4) is 0 Å². The Morgan fingerprint density at radius 2 is 2.19 bits per heavy atom. The van der Waals surface area contributed by atoms with Crippen molar-refractivity contribution in [2.45, 2.75) is 38.8 Å². The molecule has 1 aromatic carbocycles. The summed E-state index contributed by atoms with van der Waals surface area (Å²) in [4.78, 5) is 32.0. The number of carbonyl (C=O) groups is 2. The zero-order valence-electron chi connectivity index (χ0n) is 17.7. The summed E-state index contributed by atoms with van der Waals surface area (Å²) >= 11 is 7.24. The number of carbonyl (C=O) groups excluding carboxylic acids is 2. The summed E-state index contributed by atoms with van der Waals surface area (Å²) in [5.74, 6) is 0.631. The number of aromatic nitrogens is 1. The van der Waals surface area contributed by atoms with E-state index in [0.717, 1.165) is 23.4 Å². The SMILES string of the molecule is C=C(Cl)COc1cc(CN(C(=O)c2csc(C)n2)[C@H]2CCCCNC2=O)ccc1OC. The van der Waals surface area contributed by atoms with E-state index in [4.69, 9.17) is 21.1 Å². The number of nitrogens with one attached hydrogen (secondary N) is 1. The zero-order chi connectivity index (χ0) is 22.4. The molecule has 1 N–H and O–H groups in total. The van der Waals surface area contributed by atoms with Crippen molar-refractivity contribution in [1.82, 2.24) is 15.2 Å². The van der Waals surface area contributed by atoms with Gasteiger partial charge in [-0.05, 0) is 43.9 Å². The van der Waals surface area contributed by atoms with Crippen molar-refractivity contribution in [2.24, 2.45) is 0 Å². The molecule has 2 aromatic rings. The van der Waals surface area contributed by atoms with E-state index in [1.165, 1.54) is 11.3 Å². The molecule has 0 bridgehead atoms. The van der Waals surface area contributed by atoms with Gasteiger partial charge in [0.15, 0.2) is 11.5 Å². The van der Waals surface area contributed by atoms with Gasteiger partial charge in [-0.1, -0.05) is 24.2 Å². The smallest absolute Gasteiger partial charge is 0.274 e. The maximum absolute atomic E-state index is 13.3. The molecule has 166 valence electrons. The molecule has 0 aliphatic carbocycles. The van der Waals surface area contributed by atoms with Crippen molar-refractivity contribution in [1.29, 1.82) is 0 Å². The van der Waals surface area contributed by atoms with Crippen LogP contribution in [0.25, 0.3) is 0 Å². The van der Waals surface area contributed by atoms with Crippen molar-refractivity contribution >= 4 is 34.8 Å². The van der Waals surface area contributed by atoms with Gasteiger partial charge in [0.2, 0.25) is 5.91 Å². The van der Waals surface area contributed by atoms with Gasteiger partial charge in [-0.25, -0.2) is 4.98 Å². The van der Waals surface area contributed by atoms with Crippen LogP contribution in [0.5, 0.6) is 11.5 Å². The minimum atomic E-state index is -0.564. The second-order valence-corrected chi connectivity index (χ2v) is 8.88. The molecule has 0 unspecified atom stereocenters. The number of methoxy groups -OCH3 is 1. The van der Waals surface area contributed by atoms with Gasteiger partial charge >= 0.3 is 0 Å². The molecule has 9 heteroatoms. The predicted molar refractivity (Wildman–Crippen MR) is 121 cm³/mol. The Balaban J connectivity index is 1.92. The molecule has 1 aliphatic heterocycles. The second-order valence-electron chi connectivity index (χ2n) is 7.28. The van der Waals surface area contributed by atoms with E-state index in [-0.39, 0.29) is 25.0 Å². The molecule has 1 aromatic heterocycles. The van der Waals surface area contributed by atoms with Crippen molar-refractivity contribution < 1.29 is 19.1 Å². The molecule has 1 saturated heterocycles. The van der Waals surface area contributed by atoms with Crippen molar-refractivity contribution in [3.05, 3.63) is 51.5 Å². The third-order valence-electron chi connectivity index (χ3n) is 4.95. The van der Waals surface area contributed by atoms with Crippen LogP contribution >= 0.6 is 22.9 Å². The molecule has 1 fully saturated rings. The van der Waals surface area contributed by atoms with E-state index >= 15 is 0 Å². The Kier molecular flexibility index (Phi) is 7.92. The van der Waals surface area contributed by atoms with E-state index in [9.17, 15) is 9.59 Å². The van der Waals surface area contributed by atoms with Gasteiger partial charge < -0.3 is 19.7 Å². The predicted octanol–water partition coefficient (Wildman–Crippen LogP) is 3.90. The summed E-state index contributed by atoms with van der Waals surface area (Å²) in [5.41, 5.74) is 1.15. The summed E-state index contributed by atoms with van der Waals surface area (Å²) in [5, 5.41) is 5.81. The van der Waals surface area contributed by atoms with Crippen molar-refractivity contribution in [2.75, 3.05) is 20.3 Å². The lowest BCUT2D eigenvalue weighted by molar-refractivity contribution is -0.125. The second kappa shape index (κ2) is 10.6. The van der Waals surface area contributed by atoms with Crippen LogP contribution in [0.2, 0.25) is 0 Å². The van der Waals surface area contributed by atoms with Gasteiger partial charge in [0.05, 0.1) is 12.1 Å². The summed E-state index contributed by atoms with van der Waals surface area (Å²) in [6, 6.07) is 4.85. The maximum Gasteiger partial charge on any atom is 0.274 e. The minimum Gasteiger partial charge on any atom is -0.493 e. The normalized spacial score (nSPS) is 16.2. The molecule has 31 heavy (non-hydrogen) atoms. The Bertz CT molecular complexity index is 962. The summed E-state index contributed by atoms with van der Waals surface area (Å²) in [7, 11) is 1.55. The Labute approximate surface area is 191 Å². The summed E-state index contributed by atoms with van der Waals surface area (Å²) < 4.78 is 11.1. The molecule has 2 heterocycles. The lowest BCUT2D eigenvalue weighted by Crippen LogP contribution is -2.48. The third-order valence-corrected chi connectivity index (χ3v) is 5.83. The van der Waals surface area contributed by atoms with Gasteiger partial charge in [-0.15, -0.1) is 11.3 Å². The quantitative estimate of drug-likeness (QED) is 0.642. The van der Waals surface area contributed by atoms with Crippen LogP contribution in [0, 0.1) is 6.92 Å². The molecule has 1 atom stereocenters. The summed E-state index contributed by atoms with van der Waals surface area (Å²) in [6.45, 7) is 6.46. The van der Waals surface area contributed by atoms with E-state index < -0.39 is 6.04 Å². The zero-order valence-corrected chi connectivity index (χ0v) is 19.2. The molecule has 3 rings (SSSR count). The standard InChI is InChI=1S/C22H26ClN3O4S/c1-14(23)12-30-20-10-16(7-8-19(20)29-3)11-26(18-6-4-5-9-24-21(18)27)22(28)17-13-31-15(2)25-17/h7-8,10,13,18H,1,4-6,9,11-12H2,2-3H3,(H,24,27)/t18-/m0/s1. The van der Waals surface area contributed by atoms with Gasteiger partial charge in [0.1, 0.15) is 18.3 Å². The van der Waals surface area contributed by atoms with Crippen LogP contribution in [0.1, 0.15) is 40.3 Å². The Hall–Kier alpha value is -2.58. The number of aryl methyl sites for hydroxylation is 1. The van der Waals surface area contributed by atoms with Crippen LogP contribution in [0.15, 0.2) is 35.2 Å². The van der Waals surface area contributed by atoms with Crippen LogP contribution < -0.4 is 14.8 Å². The molecular formula is C22H26ClN3O4S. The van der Waals surface area contributed by atoms with E-state index in [0.29, 0.717) is 35.2 Å². The highest BCUT2D eigenvalue weighted by molar-refractivity contribution is 7.09. The lowest BCUT2D eigenvalue weighted by atomic mass is 10.1. The third kappa shape index (κ3) is 5.98. The fourth-order valence-electron chi connectivity index (χ4n) is 3.44. The number of nitrogens with zero attached hydrogens (tertiary/aromatic N) is 2. The number of benzene rings is 1. The Morgan fingerprint density at radius 1 is 1.39 bits per heavy atom. The number of halogens is 1. The molecule has 7 nitrogen and oxygen atoms in total. The van der Waals surface area contributed by atoms with Gasteiger partial charge in [-0.2, -0.15) is 0 Å². The van der Waals surface area contributed by atoms with Crippen LogP contribution in [0.4, 0.5) is 0 Å². The largest absolute Gasteiger partial charge is 0.493 e. The van der Waals surface area contributed by atoms with E-state index in [1.807, 2.05) is 13.0 Å². The molecule has 0 radical (unpaired) electrons. The van der Waals surface area contributed by atoms with E-state index in [1.54, 1.807) is 29.5 Å². The molecule has 0 saturated carbocycles. The molecular weight excluding hydrogens is 438 g/mol. The first kappa shape index (κ1) is 23.1. The topological polar surface area (TPSA) is 80.8 Å². The van der Waals surface area contributed by atoms with Crippen molar-refractivity contribution in [3.63, 3.8) is 0 Å². The fraction of sp³-hybridized carbons (Fsp3) is 0.409. The molecule has 1 aliphatic rings. The lowest BCUT2D eigenvalue weighted by Gasteiger charge is -2.29. The number of rotatable bonds is 8. The van der Waals surface area contributed by atoms with Gasteiger partial charge in [0.25, 0.3) is 5.91 Å². The average molecular weight is 464 g/mol. The Morgan fingerprint density at radius 3 is 2.87 bits per heavy atom. The number of hydrogen-bond donors (Lipinski definition) is 1. The maximum atomic E-state index is 13.3. The first-order valence-electron chi connectivity index (χ1n) is 10.0. The summed E-state index contributed by atoms with van der Waals surface area (Å²) in [6.07, 6.45) is 2.35. The molecule has 0 spiro atoms. The van der Waals surface area contributed by atoms with Crippen LogP contribution in [-0.4, -0.2) is 48.0 Å². The minimum absolute atomic E-state index is 0.132.